The second-order valence-electron chi connectivity index (χ2n) is 7.01. The van der Waals surface area contributed by atoms with E-state index in [1.54, 1.807) is 12.1 Å². The SMILES string of the molecule is O=C(c1ccc(S(=O)(=O)NC2CC2)cc1)N1CCOCC12CCC2. The molecule has 1 aromatic rings. The van der Waals surface area contributed by atoms with Gasteiger partial charge in [0.05, 0.1) is 23.6 Å². The van der Waals surface area contributed by atoms with E-state index in [1.807, 2.05) is 4.90 Å². The van der Waals surface area contributed by atoms with Gasteiger partial charge in [-0.25, -0.2) is 13.1 Å². The fourth-order valence-corrected chi connectivity index (χ4v) is 4.78. The molecule has 0 unspecified atom stereocenters. The van der Waals surface area contributed by atoms with Crippen LogP contribution < -0.4 is 4.72 Å². The predicted molar refractivity (Wildman–Crippen MR) is 88.2 cm³/mol. The molecule has 1 aromatic carbocycles. The van der Waals surface area contributed by atoms with Gasteiger partial charge in [0, 0.05) is 18.2 Å². The molecule has 1 spiro atoms. The summed E-state index contributed by atoms with van der Waals surface area (Å²) in [6, 6.07) is 6.35. The Balaban J connectivity index is 1.52. The molecular formula is C17H22N2O4S. The van der Waals surface area contributed by atoms with Crippen LogP contribution in [-0.2, 0) is 14.8 Å². The summed E-state index contributed by atoms with van der Waals surface area (Å²) in [5.41, 5.74) is 0.390. The van der Waals surface area contributed by atoms with Crippen molar-refractivity contribution in [2.24, 2.45) is 0 Å². The minimum absolute atomic E-state index is 0.0305. The van der Waals surface area contributed by atoms with Gasteiger partial charge in [-0.15, -0.1) is 0 Å². The van der Waals surface area contributed by atoms with Gasteiger partial charge in [0.1, 0.15) is 0 Å². The van der Waals surface area contributed by atoms with Crippen LogP contribution in [0.2, 0.25) is 0 Å². The summed E-state index contributed by atoms with van der Waals surface area (Å²) < 4.78 is 32.6. The van der Waals surface area contributed by atoms with E-state index in [9.17, 15) is 13.2 Å². The molecule has 1 heterocycles. The maximum atomic E-state index is 12.9. The van der Waals surface area contributed by atoms with E-state index >= 15 is 0 Å². The van der Waals surface area contributed by atoms with Crippen LogP contribution in [0.5, 0.6) is 0 Å². The summed E-state index contributed by atoms with van der Waals surface area (Å²) in [7, 11) is -3.48. The lowest BCUT2D eigenvalue weighted by molar-refractivity contribution is -0.0877. The molecule has 0 atom stereocenters. The second-order valence-corrected chi connectivity index (χ2v) is 8.72. The van der Waals surface area contributed by atoms with E-state index in [2.05, 4.69) is 4.72 Å². The van der Waals surface area contributed by atoms with Crippen molar-refractivity contribution in [3.8, 4) is 0 Å². The molecule has 0 bridgehead atoms. The highest BCUT2D eigenvalue weighted by atomic mass is 32.2. The third-order valence-electron chi connectivity index (χ3n) is 5.24. The Morgan fingerprint density at radius 2 is 1.92 bits per heavy atom. The third kappa shape index (κ3) is 2.85. The average molecular weight is 350 g/mol. The smallest absolute Gasteiger partial charge is 0.254 e. The van der Waals surface area contributed by atoms with E-state index in [-0.39, 0.29) is 22.4 Å². The number of hydrogen-bond donors (Lipinski definition) is 1. The number of rotatable bonds is 4. The van der Waals surface area contributed by atoms with Crippen molar-refractivity contribution in [3.05, 3.63) is 29.8 Å². The summed E-state index contributed by atoms with van der Waals surface area (Å²) >= 11 is 0. The Labute approximate surface area is 142 Å². The second kappa shape index (κ2) is 5.82. The molecule has 1 saturated heterocycles. The normalized spacial score (nSPS) is 23.1. The van der Waals surface area contributed by atoms with Gasteiger partial charge in [-0.3, -0.25) is 4.79 Å². The first-order chi connectivity index (χ1) is 11.5. The molecule has 1 N–H and O–H groups in total. The lowest BCUT2D eigenvalue weighted by Crippen LogP contribution is -2.62. The first kappa shape index (κ1) is 16.1. The zero-order valence-corrected chi connectivity index (χ0v) is 14.3. The number of ether oxygens (including phenoxy) is 1. The average Bonchev–Trinajstić information content (AvgIpc) is 3.36. The molecule has 1 aliphatic heterocycles. The molecule has 4 rings (SSSR count). The lowest BCUT2D eigenvalue weighted by atomic mass is 9.75. The third-order valence-corrected chi connectivity index (χ3v) is 6.78. The number of nitrogens with one attached hydrogen (secondary N) is 1. The van der Waals surface area contributed by atoms with Gasteiger partial charge in [0.15, 0.2) is 0 Å². The van der Waals surface area contributed by atoms with Crippen LogP contribution in [0.4, 0.5) is 0 Å². The van der Waals surface area contributed by atoms with Crippen LogP contribution in [0, 0.1) is 0 Å². The van der Waals surface area contributed by atoms with E-state index in [0.29, 0.717) is 25.3 Å². The molecule has 24 heavy (non-hydrogen) atoms. The Hall–Kier alpha value is -1.44. The Kier molecular flexibility index (Phi) is 3.89. The number of carbonyl (C=O) groups is 1. The van der Waals surface area contributed by atoms with Crippen molar-refractivity contribution in [2.45, 2.75) is 48.6 Å². The van der Waals surface area contributed by atoms with Crippen molar-refractivity contribution in [3.63, 3.8) is 0 Å². The number of morpholine rings is 1. The molecule has 1 amide bonds. The monoisotopic (exact) mass is 350 g/mol. The van der Waals surface area contributed by atoms with E-state index in [4.69, 9.17) is 4.74 Å². The number of sulfonamides is 1. The molecule has 0 radical (unpaired) electrons. The molecule has 2 aliphatic carbocycles. The summed E-state index contributed by atoms with van der Waals surface area (Å²) in [4.78, 5) is 15.0. The fraction of sp³-hybridized carbons (Fsp3) is 0.588. The fourth-order valence-electron chi connectivity index (χ4n) is 3.47. The molecule has 130 valence electrons. The predicted octanol–water partition coefficient (Wildman–Crippen LogP) is 1.52. The van der Waals surface area contributed by atoms with E-state index in [1.165, 1.54) is 12.1 Å². The van der Waals surface area contributed by atoms with Crippen LogP contribution >= 0.6 is 0 Å². The summed E-state index contributed by atoms with van der Waals surface area (Å²) in [6.07, 6.45) is 4.88. The van der Waals surface area contributed by atoms with E-state index < -0.39 is 10.0 Å². The number of nitrogens with zero attached hydrogens (tertiary/aromatic N) is 1. The molecule has 6 nitrogen and oxygen atoms in total. The number of carbonyl (C=O) groups excluding carboxylic acids is 1. The van der Waals surface area contributed by atoms with Crippen molar-refractivity contribution in [1.82, 2.24) is 9.62 Å². The highest BCUT2D eigenvalue weighted by Crippen LogP contribution is 2.40. The largest absolute Gasteiger partial charge is 0.377 e. The molecule has 2 saturated carbocycles. The van der Waals surface area contributed by atoms with Gasteiger partial charge in [-0.2, -0.15) is 0 Å². The van der Waals surface area contributed by atoms with Gasteiger partial charge in [0.25, 0.3) is 5.91 Å². The van der Waals surface area contributed by atoms with Crippen molar-refractivity contribution < 1.29 is 17.9 Å². The Morgan fingerprint density at radius 3 is 2.50 bits per heavy atom. The van der Waals surface area contributed by atoms with Crippen molar-refractivity contribution >= 4 is 15.9 Å². The minimum Gasteiger partial charge on any atom is -0.377 e. The summed E-state index contributed by atoms with van der Waals surface area (Å²) in [6.45, 7) is 1.77. The quantitative estimate of drug-likeness (QED) is 0.893. The van der Waals surface area contributed by atoms with Gasteiger partial charge in [-0.05, 0) is 56.4 Å². The first-order valence-electron chi connectivity index (χ1n) is 8.52. The lowest BCUT2D eigenvalue weighted by Gasteiger charge is -2.52. The number of benzene rings is 1. The maximum Gasteiger partial charge on any atom is 0.254 e. The topological polar surface area (TPSA) is 75.7 Å². The minimum atomic E-state index is -3.48. The van der Waals surface area contributed by atoms with Crippen LogP contribution in [0.1, 0.15) is 42.5 Å². The Morgan fingerprint density at radius 1 is 1.21 bits per heavy atom. The molecule has 3 fully saturated rings. The van der Waals surface area contributed by atoms with Gasteiger partial charge >= 0.3 is 0 Å². The number of amides is 1. The van der Waals surface area contributed by atoms with Crippen molar-refractivity contribution in [2.75, 3.05) is 19.8 Å². The zero-order chi connectivity index (χ0) is 16.8. The standard InChI is InChI=1S/C17H22N2O4S/c20-16(19-10-11-23-12-17(19)8-1-9-17)13-2-6-15(7-3-13)24(21,22)18-14-4-5-14/h2-3,6-7,14,18H,1,4-5,8-12H2. The van der Waals surface area contributed by atoms with Gasteiger partial charge in [0.2, 0.25) is 10.0 Å². The van der Waals surface area contributed by atoms with E-state index in [0.717, 1.165) is 32.1 Å². The maximum absolute atomic E-state index is 12.9. The van der Waals surface area contributed by atoms with Crippen LogP contribution in [0.15, 0.2) is 29.2 Å². The Bertz CT molecular complexity index is 736. The molecule has 7 heteroatoms. The van der Waals surface area contributed by atoms with Crippen LogP contribution in [0.3, 0.4) is 0 Å². The summed E-state index contributed by atoms with van der Waals surface area (Å²) in [5, 5.41) is 0. The van der Waals surface area contributed by atoms with Gasteiger partial charge < -0.3 is 9.64 Å². The van der Waals surface area contributed by atoms with Crippen LogP contribution in [0.25, 0.3) is 0 Å². The first-order valence-corrected chi connectivity index (χ1v) is 10.0. The van der Waals surface area contributed by atoms with Gasteiger partial charge in [-0.1, -0.05) is 0 Å². The molecule has 3 aliphatic rings. The van der Waals surface area contributed by atoms with Crippen molar-refractivity contribution in [1.29, 1.82) is 0 Å². The molecular weight excluding hydrogens is 328 g/mol. The summed E-state index contributed by atoms with van der Waals surface area (Å²) in [5.74, 6) is -0.0305. The zero-order valence-electron chi connectivity index (χ0n) is 13.5. The van der Waals surface area contributed by atoms with Crippen LogP contribution in [-0.4, -0.2) is 50.6 Å². The highest BCUT2D eigenvalue weighted by Gasteiger charge is 2.47. The molecule has 0 aromatic heterocycles. The highest BCUT2D eigenvalue weighted by molar-refractivity contribution is 7.89. The number of hydrogen-bond acceptors (Lipinski definition) is 4.